The number of morpholine rings is 1. The third-order valence-electron chi connectivity index (χ3n) is 7.03. The Balaban J connectivity index is 0.00000171. The minimum atomic E-state index is -0.250. The lowest BCUT2D eigenvalue weighted by atomic mass is 9.61. The summed E-state index contributed by atoms with van der Waals surface area (Å²) in [7, 11) is 0. The van der Waals surface area contributed by atoms with E-state index in [2.05, 4.69) is 27.7 Å². The molecule has 0 radical (unpaired) electrons. The van der Waals surface area contributed by atoms with Crippen LogP contribution in [0.25, 0.3) is 0 Å². The molecule has 0 spiro atoms. The Hall–Kier alpha value is -0.890. The van der Waals surface area contributed by atoms with Gasteiger partial charge in [-0.15, -0.1) is 24.8 Å². The van der Waals surface area contributed by atoms with E-state index in [4.69, 9.17) is 9.47 Å². The van der Waals surface area contributed by atoms with Crippen molar-refractivity contribution in [2.75, 3.05) is 52.5 Å². The first-order valence-electron chi connectivity index (χ1n) is 11.2. The molecule has 2 aliphatic heterocycles. The molecule has 1 aliphatic carbocycles. The van der Waals surface area contributed by atoms with Crippen LogP contribution in [0.15, 0.2) is 30.3 Å². The molecular weight excluding hydrogens is 437 g/mol. The fourth-order valence-corrected chi connectivity index (χ4v) is 5.35. The molecule has 8 heteroatoms. The zero-order chi connectivity index (χ0) is 19.9. The normalized spacial score (nSPS) is 28.5. The molecule has 176 valence electrons. The number of nitrogens with one attached hydrogen (secondary N) is 2. The van der Waals surface area contributed by atoms with Gasteiger partial charge >= 0.3 is 0 Å². The Labute approximate surface area is 198 Å². The molecule has 6 nitrogen and oxygen atoms in total. The summed E-state index contributed by atoms with van der Waals surface area (Å²) in [6.45, 7) is 7.31. The standard InChI is InChI=1S/C23H35N3O3.2ClH/c27-22(25-10-13-29-17-19-4-2-1-3-5-19)23-8-6-21(26-11-14-28-15-12-26)16-20(23)7-9-24-18-23;;/h1-5,20-21,24H,6-18H2,(H,25,27);2*1H/t20-,21-,23-;;/m1../s1. The highest BCUT2D eigenvalue weighted by molar-refractivity contribution is 5.85. The number of benzene rings is 1. The second kappa shape index (κ2) is 13.0. The van der Waals surface area contributed by atoms with Crippen LogP contribution in [-0.4, -0.2) is 69.4 Å². The summed E-state index contributed by atoms with van der Waals surface area (Å²) in [6, 6.07) is 10.8. The predicted molar refractivity (Wildman–Crippen MR) is 127 cm³/mol. The van der Waals surface area contributed by atoms with Crippen molar-refractivity contribution in [1.29, 1.82) is 0 Å². The van der Waals surface area contributed by atoms with Gasteiger partial charge in [0.05, 0.1) is 31.8 Å². The Bertz CT molecular complexity index is 661. The van der Waals surface area contributed by atoms with E-state index in [0.717, 1.165) is 70.6 Å². The van der Waals surface area contributed by atoms with E-state index in [1.807, 2.05) is 18.2 Å². The first kappa shape index (κ1) is 26.4. The number of nitrogens with zero attached hydrogens (tertiary/aromatic N) is 1. The molecule has 2 heterocycles. The van der Waals surface area contributed by atoms with Crippen LogP contribution in [0.4, 0.5) is 0 Å². The molecule has 2 saturated heterocycles. The second-order valence-electron chi connectivity index (χ2n) is 8.69. The molecule has 0 unspecified atom stereocenters. The van der Waals surface area contributed by atoms with E-state index in [1.54, 1.807) is 0 Å². The van der Waals surface area contributed by atoms with Crippen molar-refractivity contribution in [2.24, 2.45) is 11.3 Å². The van der Waals surface area contributed by atoms with Crippen LogP contribution >= 0.6 is 24.8 Å². The summed E-state index contributed by atoms with van der Waals surface area (Å²) in [5.41, 5.74) is 0.913. The molecule has 1 saturated carbocycles. The van der Waals surface area contributed by atoms with E-state index in [9.17, 15) is 4.79 Å². The smallest absolute Gasteiger partial charge is 0.227 e. The van der Waals surface area contributed by atoms with Crippen LogP contribution in [0.5, 0.6) is 0 Å². The third-order valence-corrected chi connectivity index (χ3v) is 7.03. The minimum Gasteiger partial charge on any atom is -0.379 e. The van der Waals surface area contributed by atoms with Crippen LogP contribution in [0, 0.1) is 11.3 Å². The summed E-state index contributed by atoms with van der Waals surface area (Å²) < 4.78 is 11.3. The third kappa shape index (κ3) is 6.56. The number of fused-ring (bicyclic) bond motifs is 1. The van der Waals surface area contributed by atoms with Crippen LogP contribution < -0.4 is 10.6 Å². The quantitative estimate of drug-likeness (QED) is 0.595. The maximum absolute atomic E-state index is 13.2. The lowest BCUT2D eigenvalue weighted by Gasteiger charge is -2.50. The molecule has 3 fully saturated rings. The number of piperidine rings is 1. The lowest BCUT2D eigenvalue weighted by molar-refractivity contribution is -0.140. The first-order valence-corrected chi connectivity index (χ1v) is 11.2. The second-order valence-corrected chi connectivity index (χ2v) is 8.69. The van der Waals surface area contributed by atoms with Crippen molar-refractivity contribution in [3.8, 4) is 0 Å². The largest absolute Gasteiger partial charge is 0.379 e. The fourth-order valence-electron chi connectivity index (χ4n) is 5.35. The highest BCUT2D eigenvalue weighted by Crippen LogP contribution is 2.46. The van der Waals surface area contributed by atoms with E-state index >= 15 is 0 Å². The summed E-state index contributed by atoms with van der Waals surface area (Å²) in [5, 5.41) is 6.68. The number of rotatable bonds is 7. The number of ether oxygens (including phenoxy) is 2. The highest BCUT2D eigenvalue weighted by atomic mass is 35.5. The molecule has 1 aromatic rings. The van der Waals surface area contributed by atoms with Gasteiger partial charge in [-0.25, -0.2) is 0 Å². The first-order chi connectivity index (χ1) is 14.3. The Morgan fingerprint density at radius 2 is 1.97 bits per heavy atom. The summed E-state index contributed by atoms with van der Waals surface area (Å²) in [5.74, 6) is 0.689. The topological polar surface area (TPSA) is 62.8 Å². The van der Waals surface area contributed by atoms with E-state index in [0.29, 0.717) is 31.7 Å². The zero-order valence-corrected chi connectivity index (χ0v) is 19.9. The molecule has 1 amide bonds. The van der Waals surface area contributed by atoms with Crippen molar-refractivity contribution in [3.05, 3.63) is 35.9 Å². The monoisotopic (exact) mass is 473 g/mol. The van der Waals surface area contributed by atoms with Crippen molar-refractivity contribution < 1.29 is 14.3 Å². The van der Waals surface area contributed by atoms with Gasteiger partial charge in [-0.05, 0) is 43.7 Å². The Morgan fingerprint density at radius 3 is 2.74 bits per heavy atom. The number of carbonyl (C=O) groups is 1. The molecule has 0 bridgehead atoms. The van der Waals surface area contributed by atoms with E-state index < -0.39 is 0 Å². The Morgan fingerprint density at radius 1 is 1.19 bits per heavy atom. The van der Waals surface area contributed by atoms with E-state index in [1.165, 1.54) is 0 Å². The number of halogens is 2. The lowest BCUT2D eigenvalue weighted by Crippen LogP contribution is -2.60. The highest BCUT2D eigenvalue weighted by Gasteiger charge is 2.50. The summed E-state index contributed by atoms with van der Waals surface area (Å²) in [6.07, 6.45) is 4.32. The molecule has 31 heavy (non-hydrogen) atoms. The number of carbonyl (C=O) groups excluding carboxylic acids is 1. The van der Waals surface area contributed by atoms with Gasteiger partial charge in [0.25, 0.3) is 0 Å². The Kier molecular flexibility index (Phi) is 11.0. The average molecular weight is 474 g/mol. The van der Waals surface area contributed by atoms with Crippen LogP contribution in [-0.2, 0) is 20.9 Å². The molecule has 0 aromatic heterocycles. The van der Waals surface area contributed by atoms with Gasteiger partial charge in [0.1, 0.15) is 0 Å². The molecule has 1 aromatic carbocycles. The molecule has 4 rings (SSSR count). The van der Waals surface area contributed by atoms with Crippen LogP contribution in [0.1, 0.15) is 31.2 Å². The van der Waals surface area contributed by atoms with E-state index in [-0.39, 0.29) is 36.1 Å². The number of amides is 1. The fraction of sp³-hybridized carbons (Fsp3) is 0.696. The SMILES string of the molecule is Cl.Cl.O=C(NCCOCc1ccccc1)[C@@]12CC[C@@H](N3CCOCC3)C[C@H]1CCNC2. The van der Waals surface area contributed by atoms with Crippen molar-refractivity contribution in [2.45, 2.75) is 38.3 Å². The van der Waals surface area contributed by atoms with Crippen LogP contribution in [0.2, 0.25) is 0 Å². The molecule has 2 N–H and O–H groups in total. The maximum Gasteiger partial charge on any atom is 0.227 e. The molecule has 3 atom stereocenters. The number of hydrogen-bond donors (Lipinski definition) is 2. The summed E-state index contributed by atoms with van der Waals surface area (Å²) in [4.78, 5) is 15.8. The minimum absolute atomic E-state index is 0. The molecule has 3 aliphatic rings. The van der Waals surface area contributed by atoms with Crippen molar-refractivity contribution >= 4 is 30.7 Å². The average Bonchev–Trinajstić information content (AvgIpc) is 2.79. The van der Waals surface area contributed by atoms with Crippen LogP contribution in [0.3, 0.4) is 0 Å². The number of hydrogen-bond acceptors (Lipinski definition) is 5. The van der Waals surface area contributed by atoms with Gasteiger partial charge in [-0.3, -0.25) is 9.69 Å². The van der Waals surface area contributed by atoms with Crippen molar-refractivity contribution in [3.63, 3.8) is 0 Å². The van der Waals surface area contributed by atoms with Gasteiger partial charge < -0.3 is 20.1 Å². The zero-order valence-electron chi connectivity index (χ0n) is 18.2. The van der Waals surface area contributed by atoms with Gasteiger partial charge in [0, 0.05) is 32.2 Å². The summed E-state index contributed by atoms with van der Waals surface area (Å²) >= 11 is 0. The predicted octanol–water partition coefficient (Wildman–Crippen LogP) is 2.64. The maximum atomic E-state index is 13.2. The van der Waals surface area contributed by atoms with Crippen molar-refractivity contribution in [1.82, 2.24) is 15.5 Å². The van der Waals surface area contributed by atoms with Gasteiger partial charge in [-0.1, -0.05) is 30.3 Å². The van der Waals surface area contributed by atoms with Gasteiger partial charge in [0.2, 0.25) is 5.91 Å². The van der Waals surface area contributed by atoms with Gasteiger partial charge in [-0.2, -0.15) is 0 Å². The molecular formula is C23H37Cl2N3O3. The van der Waals surface area contributed by atoms with Gasteiger partial charge in [0.15, 0.2) is 0 Å².